The molecule has 0 radical (unpaired) electrons. The predicted molar refractivity (Wildman–Crippen MR) is 170 cm³/mol. The third-order valence-electron chi connectivity index (χ3n) is 8.58. The molecule has 44 heavy (non-hydrogen) atoms. The Morgan fingerprint density at radius 3 is 2.43 bits per heavy atom. The minimum Gasteiger partial charge on any atom is -0.465 e. The van der Waals surface area contributed by atoms with Gasteiger partial charge in [0, 0.05) is 43.8 Å². The molecule has 3 aromatic heterocycles. The van der Waals surface area contributed by atoms with Crippen LogP contribution in [-0.4, -0.2) is 73.9 Å². The molecule has 1 N–H and O–H groups in total. The van der Waals surface area contributed by atoms with Crippen molar-refractivity contribution in [2.24, 2.45) is 0 Å². The lowest BCUT2D eigenvalue weighted by atomic mass is 10.0. The van der Waals surface area contributed by atoms with Crippen molar-refractivity contribution < 1.29 is 14.3 Å². The van der Waals surface area contributed by atoms with Crippen molar-refractivity contribution in [3.8, 4) is 16.9 Å². The molecule has 230 valence electrons. The average molecular weight is 620 g/mol. The number of hydrogen-bond donors (Lipinski definition) is 1. The minimum absolute atomic E-state index is 0.0325. The number of aryl methyl sites for hydroxylation is 1. The fourth-order valence-electron chi connectivity index (χ4n) is 6.13. The molecule has 6 rings (SSSR count). The molecule has 2 aliphatic rings. The lowest BCUT2D eigenvalue weighted by Crippen LogP contribution is -2.58. The van der Waals surface area contributed by atoms with E-state index in [1.807, 2.05) is 45.6 Å². The van der Waals surface area contributed by atoms with Crippen molar-refractivity contribution in [2.45, 2.75) is 59.0 Å². The van der Waals surface area contributed by atoms with Gasteiger partial charge in [-0.25, -0.2) is 28.5 Å². The normalized spacial score (nSPS) is 18.7. The Hall–Kier alpha value is -4.25. The molecule has 2 fully saturated rings. The largest absolute Gasteiger partial charge is 0.465 e. The molecular formula is C32H35ClFN7O3. The van der Waals surface area contributed by atoms with Crippen LogP contribution in [0.3, 0.4) is 0 Å². The first-order valence-corrected chi connectivity index (χ1v) is 15.2. The zero-order chi connectivity index (χ0) is 31.4. The summed E-state index contributed by atoms with van der Waals surface area (Å²) in [5.41, 5.74) is 2.27. The quantitative estimate of drug-likeness (QED) is 0.296. The second-order valence-corrected chi connectivity index (χ2v) is 12.4. The maximum Gasteiger partial charge on any atom is 0.407 e. The second kappa shape index (κ2) is 11.4. The number of anilines is 2. The van der Waals surface area contributed by atoms with E-state index in [1.54, 1.807) is 24.3 Å². The highest BCUT2D eigenvalue weighted by Crippen LogP contribution is 2.37. The molecule has 2 atom stereocenters. The number of fused-ring (bicyclic) bond motifs is 1. The SMILES string of the molecule is Cc1cc(N2CCC2)nc(C(C)C)c1-n1c(=O)nc(N2C[C@@H](C)N(C(=O)O)C[C@@H]2C)c2cc(Cl)c(-c3ccccc3F)nc21. The number of carbonyl (C=O) groups is 1. The van der Waals surface area contributed by atoms with Gasteiger partial charge in [-0.15, -0.1) is 0 Å². The molecule has 10 nitrogen and oxygen atoms in total. The molecule has 2 aliphatic heterocycles. The van der Waals surface area contributed by atoms with Crippen molar-refractivity contribution in [2.75, 3.05) is 36.0 Å². The number of halogens is 2. The first kappa shape index (κ1) is 29.8. The number of pyridine rings is 2. The Bertz CT molecular complexity index is 1840. The average Bonchev–Trinajstić information content (AvgIpc) is 2.93. The number of aromatic nitrogens is 4. The Kier molecular flexibility index (Phi) is 7.69. The highest BCUT2D eigenvalue weighted by atomic mass is 35.5. The molecule has 0 spiro atoms. The van der Waals surface area contributed by atoms with Crippen LogP contribution < -0.4 is 15.5 Å². The molecule has 0 saturated carbocycles. The maximum atomic E-state index is 15.1. The predicted octanol–water partition coefficient (Wildman–Crippen LogP) is 5.85. The molecular weight excluding hydrogens is 585 g/mol. The first-order chi connectivity index (χ1) is 21.0. The van der Waals surface area contributed by atoms with Gasteiger partial charge in [-0.05, 0) is 62.9 Å². The summed E-state index contributed by atoms with van der Waals surface area (Å²) in [6, 6.07) is 9.26. The van der Waals surface area contributed by atoms with Crippen LogP contribution in [-0.2, 0) is 0 Å². The standard InChI is InChI=1S/C32H35ClFN7O3/c1-17(2)26-28(18(3)13-25(35-26)38-11-8-12-38)41-30-22(14-23(33)27(36-30)21-9-6-7-10-24(21)34)29(37-31(41)42)39-15-20(5)40(32(43)44)16-19(39)4/h6-7,9-10,13-14,17,19-20H,8,11-12,15-16H2,1-5H3,(H,43,44)/t19-,20+/m0/s1. The smallest absolute Gasteiger partial charge is 0.407 e. The summed E-state index contributed by atoms with van der Waals surface area (Å²) in [5, 5.41) is 10.4. The lowest BCUT2D eigenvalue weighted by molar-refractivity contribution is 0.114. The van der Waals surface area contributed by atoms with Crippen molar-refractivity contribution in [3.05, 3.63) is 69.0 Å². The molecule has 1 amide bonds. The highest BCUT2D eigenvalue weighted by molar-refractivity contribution is 6.33. The summed E-state index contributed by atoms with van der Waals surface area (Å²) in [5.74, 6) is 0.700. The van der Waals surface area contributed by atoms with E-state index in [0.29, 0.717) is 23.4 Å². The molecule has 0 aliphatic carbocycles. The number of hydrogen-bond acceptors (Lipinski definition) is 7. The van der Waals surface area contributed by atoms with Gasteiger partial charge >= 0.3 is 11.8 Å². The Morgan fingerprint density at radius 2 is 1.80 bits per heavy atom. The van der Waals surface area contributed by atoms with E-state index in [1.165, 1.54) is 15.5 Å². The maximum absolute atomic E-state index is 15.1. The zero-order valence-electron chi connectivity index (χ0n) is 25.4. The van der Waals surface area contributed by atoms with Crippen LogP contribution in [0.2, 0.25) is 5.02 Å². The van der Waals surface area contributed by atoms with E-state index >= 15 is 4.39 Å². The zero-order valence-corrected chi connectivity index (χ0v) is 26.1. The molecule has 1 aromatic carbocycles. The van der Waals surface area contributed by atoms with E-state index < -0.39 is 17.6 Å². The van der Waals surface area contributed by atoms with Crippen molar-refractivity contribution in [1.29, 1.82) is 0 Å². The minimum atomic E-state index is -0.998. The fraction of sp³-hybridized carbons (Fsp3) is 0.406. The van der Waals surface area contributed by atoms with Gasteiger partial charge in [-0.2, -0.15) is 4.98 Å². The van der Waals surface area contributed by atoms with Gasteiger partial charge in [0.25, 0.3) is 0 Å². The Morgan fingerprint density at radius 1 is 1.07 bits per heavy atom. The summed E-state index contributed by atoms with van der Waals surface area (Å²) < 4.78 is 16.5. The van der Waals surface area contributed by atoms with Crippen LogP contribution >= 0.6 is 11.6 Å². The monoisotopic (exact) mass is 619 g/mol. The summed E-state index contributed by atoms with van der Waals surface area (Å²) in [6.45, 7) is 12.1. The van der Waals surface area contributed by atoms with E-state index in [0.717, 1.165) is 36.6 Å². The van der Waals surface area contributed by atoms with E-state index in [-0.39, 0.29) is 46.5 Å². The Balaban J connectivity index is 1.64. The third-order valence-corrected chi connectivity index (χ3v) is 8.87. The molecule has 0 bridgehead atoms. The fourth-order valence-corrected chi connectivity index (χ4v) is 6.38. The van der Waals surface area contributed by atoms with Crippen molar-refractivity contribution in [3.63, 3.8) is 0 Å². The van der Waals surface area contributed by atoms with Gasteiger partial charge in [0.05, 0.1) is 27.5 Å². The van der Waals surface area contributed by atoms with Gasteiger partial charge < -0.3 is 19.8 Å². The van der Waals surface area contributed by atoms with Crippen LogP contribution in [0.25, 0.3) is 28.0 Å². The van der Waals surface area contributed by atoms with Crippen molar-refractivity contribution >= 4 is 40.4 Å². The molecule has 5 heterocycles. The molecule has 12 heteroatoms. The van der Waals surface area contributed by atoms with E-state index in [2.05, 4.69) is 9.88 Å². The van der Waals surface area contributed by atoms with Crippen LogP contribution in [0.1, 0.15) is 51.3 Å². The highest BCUT2D eigenvalue weighted by Gasteiger charge is 2.35. The van der Waals surface area contributed by atoms with Gasteiger partial charge in [-0.1, -0.05) is 37.6 Å². The molecule has 2 saturated heterocycles. The molecule has 0 unspecified atom stereocenters. The number of nitrogens with zero attached hydrogens (tertiary/aromatic N) is 7. The molecule has 4 aromatic rings. The van der Waals surface area contributed by atoms with Crippen LogP contribution in [0.4, 0.5) is 20.8 Å². The third kappa shape index (κ3) is 5.02. The summed E-state index contributed by atoms with van der Waals surface area (Å²) in [4.78, 5) is 46.1. The number of benzene rings is 1. The Labute approximate surface area is 259 Å². The topological polar surface area (TPSA) is 108 Å². The summed E-state index contributed by atoms with van der Waals surface area (Å²) in [6.07, 6.45) is 0.110. The summed E-state index contributed by atoms with van der Waals surface area (Å²) in [7, 11) is 0. The van der Waals surface area contributed by atoms with Gasteiger partial charge in [0.2, 0.25) is 0 Å². The number of amides is 1. The van der Waals surface area contributed by atoms with Gasteiger partial charge in [-0.3, -0.25) is 0 Å². The second-order valence-electron chi connectivity index (χ2n) is 12.0. The van der Waals surface area contributed by atoms with Gasteiger partial charge in [0.15, 0.2) is 5.65 Å². The van der Waals surface area contributed by atoms with Gasteiger partial charge in [0.1, 0.15) is 17.5 Å². The first-order valence-electron chi connectivity index (χ1n) is 14.9. The van der Waals surface area contributed by atoms with Crippen LogP contribution in [0.15, 0.2) is 41.2 Å². The van der Waals surface area contributed by atoms with E-state index in [9.17, 15) is 14.7 Å². The number of piperazine rings is 1. The van der Waals surface area contributed by atoms with Crippen LogP contribution in [0.5, 0.6) is 0 Å². The van der Waals surface area contributed by atoms with E-state index in [4.69, 9.17) is 21.6 Å². The summed E-state index contributed by atoms with van der Waals surface area (Å²) >= 11 is 6.81. The number of carboxylic acid groups (broad SMARTS) is 1. The number of rotatable bonds is 5. The van der Waals surface area contributed by atoms with Crippen molar-refractivity contribution in [1.82, 2.24) is 24.4 Å². The van der Waals surface area contributed by atoms with Crippen LogP contribution in [0, 0.1) is 12.7 Å². The lowest BCUT2D eigenvalue weighted by Gasteiger charge is -2.43.